The molecule has 33 valence electrons. The minimum atomic E-state index is -0.562. The third-order valence-corrected chi connectivity index (χ3v) is 0. The van der Waals surface area contributed by atoms with Gasteiger partial charge in [-0.2, -0.15) is 0 Å². The van der Waals surface area contributed by atoms with Gasteiger partial charge in [0, 0.05) is 20.4 Å². The fraction of sp³-hybridized carbons (Fsp3) is 0. The van der Waals surface area contributed by atoms with Gasteiger partial charge in [-0.15, -0.1) is 0 Å². The molecule has 2 N–H and O–H groups in total. The summed E-state index contributed by atoms with van der Waals surface area (Å²) in [6, 6.07) is 0. The van der Waals surface area contributed by atoms with Crippen LogP contribution in [-0.2, 0) is 35.8 Å². The summed E-state index contributed by atoms with van der Waals surface area (Å²) in [7, 11) is 0. The summed E-state index contributed by atoms with van der Waals surface area (Å²) in [5.41, 5.74) is 0. The summed E-state index contributed by atoms with van der Waals surface area (Å²) in [5.74, 6) is 0. The van der Waals surface area contributed by atoms with E-state index in [1.807, 2.05) is 0 Å². The van der Waals surface area contributed by atoms with Gasteiger partial charge in [-0.25, -0.2) is 0 Å². The van der Waals surface area contributed by atoms with Gasteiger partial charge in [0.25, 0.3) is 0 Å². The van der Waals surface area contributed by atoms with E-state index in [-0.39, 0.29) is 20.4 Å². The molecule has 0 bridgehead atoms. The van der Waals surface area contributed by atoms with Crippen LogP contribution >= 0.6 is 0 Å². The maximum Gasteiger partial charge on any atom is 0 e. The molecular weight excluding hydrogens is 197 g/mol. The molecule has 0 rings (SSSR count). The quantitative estimate of drug-likeness (QED) is 0.485. The Hall–Kier alpha value is 1.09. The van der Waals surface area contributed by atoms with E-state index in [4.69, 9.17) is 8.44 Å². The molecule has 0 heterocycles. The number of hydrogen-bond donors (Lipinski definition) is 2. The molecule has 0 aliphatic heterocycles. The minimum absolute atomic E-state index is 0. The van der Waals surface area contributed by atoms with Gasteiger partial charge in [-0.05, 0) is 0 Å². The van der Waals surface area contributed by atoms with E-state index < -0.39 is 15.3 Å². The van der Waals surface area contributed by atoms with Crippen molar-refractivity contribution in [3.8, 4) is 0 Å². The summed E-state index contributed by atoms with van der Waals surface area (Å²) in [5, 5.41) is 0. The van der Waals surface area contributed by atoms with Crippen molar-refractivity contribution in [1.29, 1.82) is 0 Å². The molecule has 0 aliphatic carbocycles. The molecule has 0 unspecified atom stereocenters. The minimum Gasteiger partial charge on any atom is 0 e. The van der Waals surface area contributed by atoms with Crippen molar-refractivity contribution in [3.63, 3.8) is 0 Å². The van der Waals surface area contributed by atoms with Gasteiger partial charge in [0.1, 0.15) is 0 Å². The monoisotopic (exact) mass is 199 g/mol. The van der Waals surface area contributed by atoms with Gasteiger partial charge >= 0.3 is 23.8 Å². The average Bonchev–Trinajstić information content (AvgIpc) is 0.918. The predicted octanol–water partition coefficient (Wildman–Crippen LogP) is -1.12. The second kappa shape index (κ2) is 8.94. The topological polar surface area (TPSA) is 40.5 Å². The van der Waals surface area contributed by atoms with Gasteiger partial charge in [0.05, 0.1) is 0 Å². The van der Waals surface area contributed by atoms with Gasteiger partial charge in [-0.3, -0.25) is 0 Å². The molecule has 0 amide bonds. The molecule has 4 heteroatoms. The average molecular weight is 199 g/mol. The Balaban J connectivity index is 0. The maximum absolute atomic E-state index is 7.09. The van der Waals surface area contributed by atoms with E-state index in [1.54, 1.807) is 0 Å². The molecular formula is H2CoO2Pd. The predicted molar refractivity (Wildman–Crippen MR) is 4.44 cm³/mol. The number of hydrogen-bond acceptors (Lipinski definition) is 2. The van der Waals surface area contributed by atoms with Crippen molar-refractivity contribution >= 4 is 0 Å². The standard InChI is InChI=1S/Co.2H2O.Pd/h;2*1H2;/q+2;;;/p-2. The van der Waals surface area contributed by atoms with E-state index in [0.717, 1.165) is 0 Å². The van der Waals surface area contributed by atoms with Crippen molar-refractivity contribution in [3.05, 3.63) is 0 Å². The van der Waals surface area contributed by atoms with Gasteiger partial charge in [0.15, 0.2) is 0 Å². The van der Waals surface area contributed by atoms with Crippen molar-refractivity contribution in [2.24, 2.45) is 0 Å². The van der Waals surface area contributed by atoms with Gasteiger partial charge < -0.3 is 0 Å². The van der Waals surface area contributed by atoms with Crippen LogP contribution in [0.2, 0.25) is 0 Å². The molecule has 0 saturated heterocycles. The van der Waals surface area contributed by atoms with E-state index in [2.05, 4.69) is 0 Å². The van der Waals surface area contributed by atoms with E-state index in [0.29, 0.717) is 0 Å². The molecule has 0 aromatic carbocycles. The van der Waals surface area contributed by atoms with Crippen LogP contribution in [0.1, 0.15) is 0 Å². The van der Waals surface area contributed by atoms with E-state index in [9.17, 15) is 0 Å². The summed E-state index contributed by atoms with van der Waals surface area (Å²) in [4.78, 5) is 0. The first-order valence-corrected chi connectivity index (χ1v) is 1.23. The van der Waals surface area contributed by atoms with Crippen molar-refractivity contribution in [2.45, 2.75) is 0 Å². The smallest absolute Gasteiger partial charge is 0 e. The van der Waals surface area contributed by atoms with Gasteiger partial charge in [-0.1, -0.05) is 0 Å². The second-order valence-electron chi connectivity index (χ2n) is 0.0667. The fourth-order valence-corrected chi connectivity index (χ4v) is 0. The molecule has 0 fully saturated rings. The second-order valence-corrected chi connectivity index (χ2v) is 0.275. The first kappa shape index (κ1) is 8.92. The third kappa shape index (κ3) is 11.4. The molecule has 0 aliphatic rings. The molecule has 0 saturated carbocycles. The van der Waals surface area contributed by atoms with Crippen molar-refractivity contribution < 1.29 is 44.2 Å². The normalized spacial score (nSPS) is 5.50. The molecule has 0 aromatic rings. The zero-order chi connectivity index (χ0) is 2.71. The van der Waals surface area contributed by atoms with Crippen LogP contribution in [0.3, 0.4) is 0 Å². The summed E-state index contributed by atoms with van der Waals surface area (Å²) >= 11 is -0.562. The number of rotatable bonds is 0. The molecule has 4 heavy (non-hydrogen) atoms. The van der Waals surface area contributed by atoms with E-state index >= 15 is 0 Å². The summed E-state index contributed by atoms with van der Waals surface area (Å²) < 4.78 is 14.2. The molecule has 2 nitrogen and oxygen atoms in total. The van der Waals surface area contributed by atoms with Crippen LogP contribution in [0.15, 0.2) is 0 Å². The van der Waals surface area contributed by atoms with Crippen LogP contribution in [0, 0.1) is 0 Å². The van der Waals surface area contributed by atoms with Crippen LogP contribution < -0.4 is 0 Å². The molecule has 0 spiro atoms. The zero-order valence-electron chi connectivity index (χ0n) is 1.54. The zero-order valence-corrected chi connectivity index (χ0v) is 4.14. The summed E-state index contributed by atoms with van der Waals surface area (Å²) in [6.45, 7) is 0. The Morgan fingerprint density at radius 1 is 1.25 bits per heavy atom. The maximum atomic E-state index is 7.09. The molecule has 0 radical (unpaired) electrons. The Kier molecular flexibility index (Phi) is 19.9. The van der Waals surface area contributed by atoms with Crippen LogP contribution in [0.4, 0.5) is 0 Å². The first-order chi connectivity index (χ1) is 1.41. The van der Waals surface area contributed by atoms with Gasteiger partial charge in [0.2, 0.25) is 0 Å². The van der Waals surface area contributed by atoms with Crippen molar-refractivity contribution in [2.75, 3.05) is 0 Å². The SMILES string of the molecule is [OH][Co][OH].[Pd]. The largest absolute Gasteiger partial charge is 0 e. The van der Waals surface area contributed by atoms with E-state index in [1.165, 1.54) is 0 Å². The Morgan fingerprint density at radius 2 is 1.25 bits per heavy atom. The Bertz CT molecular complexity index is 6.00. The fourth-order valence-electron chi connectivity index (χ4n) is 0. The van der Waals surface area contributed by atoms with Crippen molar-refractivity contribution in [1.82, 2.24) is 0 Å². The third-order valence-electron chi connectivity index (χ3n) is 0. The molecule has 0 aromatic heterocycles. The molecule has 0 atom stereocenters. The first-order valence-electron chi connectivity index (χ1n) is 0.298. The Morgan fingerprint density at radius 3 is 1.25 bits per heavy atom. The van der Waals surface area contributed by atoms with Crippen LogP contribution in [0.5, 0.6) is 0 Å². The van der Waals surface area contributed by atoms with Crippen LogP contribution in [0.25, 0.3) is 0 Å². The summed E-state index contributed by atoms with van der Waals surface area (Å²) in [6.07, 6.45) is 0. The van der Waals surface area contributed by atoms with Crippen LogP contribution in [-0.4, -0.2) is 8.44 Å². The Labute approximate surface area is 44.5 Å².